The molecule has 0 aromatic carbocycles. The van der Waals surface area contributed by atoms with Gasteiger partial charge in [-0.2, -0.15) is 0 Å². The summed E-state index contributed by atoms with van der Waals surface area (Å²) in [5.41, 5.74) is 0.0626. The Balaban J connectivity index is 1.83. The molecule has 18 heavy (non-hydrogen) atoms. The van der Waals surface area contributed by atoms with Crippen molar-refractivity contribution in [3.63, 3.8) is 0 Å². The Hall–Kier alpha value is -0.0800. The lowest BCUT2D eigenvalue weighted by Gasteiger charge is -2.35. The lowest BCUT2D eigenvalue weighted by molar-refractivity contribution is -0.0450. The van der Waals surface area contributed by atoms with E-state index in [2.05, 4.69) is 20.8 Å². The fourth-order valence-electron chi connectivity index (χ4n) is 3.85. The van der Waals surface area contributed by atoms with Gasteiger partial charge in [0, 0.05) is 0 Å². The minimum atomic E-state index is -0.0783. The van der Waals surface area contributed by atoms with Gasteiger partial charge in [0.15, 0.2) is 0 Å². The molecule has 2 heteroatoms. The molecule has 106 valence electrons. The van der Waals surface area contributed by atoms with Gasteiger partial charge in [-0.15, -0.1) is 0 Å². The van der Waals surface area contributed by atoms with Crippen molar-refractivity contribution in [2.45, 2.75) is 89.9 Å². The average Bonchev–Trinajstić information content (AvgIpc) is 2.63. The maximum Gasteiger partial charge on any atom is 0.0631 e. The highest BCUT2D eigenvalue weighted by atomic mass is 16.5. The van der Waals surface area contributed by atoms with Gasteiger partial charge in [-0.3, -0.25) is 0 Å². The van der Waals surface area contributed by atoms with Crippen LogP contribution in [0, 0.1) is 11.8 Å². The summed E-state index contributed by atoms with van der Waals surface area (Å²) in [6.45, 7) is 6.64. The molecule has 2 aliphatic rings. The second-order valence-corrected chi connectivity index (χ2v) is 7.07. The molecular weight excluding hydrogens is 224 g/mol. The molecule has 1 aliphatic carbocycles. The van der Waals surface area contributed by atoms with Gasteiger partial charge in [0.25, 0.3) is 0 Å². The normalized spacial score (nSPS) is 40.0. The molecule has 0 amide bonds. The first-order valence-corrected chi connectivity index (χ1v) is 7.86. The molecule has 0 radical (unpaired) electrons. The molecule has 1 heterocycles. The van der Waals surface area contributed by atoms with E-state index >= 15 is 0 Å². The molecule has 1 saturated carbocycles. The van der Waals surface area contributed by atoms with Crippen LogP contribution in [0.15, 0.2) is 0 Å². The van der Waals surface area contributed by atoms with Crippen LogP contribution in [0.1, 0.15) is 72.1 Å². The smallest absolute Gasteiger partial charge is 0.0631 e. The third kappa shape index (κ3) is 3.71. The second-order valence-electron chi connectivity index (χ2n) is 7.07. The van der Waals surface area contributed by atoms with E-state index in [4.69, 9.17) is 4.74 Å². The molecule has 1 N–H and O–H groups in total. The van der Waals surface area contributed by atoms with Crippen molar-refractivity contribution in [3.8, 4) is 0 Å². The molecule has 2 rings (SSSR count). The fourth-order valence-corrected chi connectivity index (χ4v) is 3.85. The Morgan fingerprint density at radius 3 is 2.61 bits per heavy atom. The van der Waals surface area contributed by atoms with Crippen molar-refractivity contribution in [3.05, 3.63) is 0 Å². The van der Waals surface area contributed by atoms with Crippen LogP contribution in [-0.2, 0) is 4.74 Å². The zero-order chi connectivity index (χ0) is 13.2. The van der Waals surface area contributed by atoms with Crippen LogP contribution in [0.5, 0.6) is 0 Å². The Morgan fingerprint density at radius 1 is 1.22 bits per heavy atom. The third-order valence-electron chi connectivity index (χ3n) is 4.87. The Labute approximate surface area is 112 Å². The van der Waals surface area contributed by atoms with Gasteiger partial charge < -0.3 is 9.84 Å². The van der Waals surface area contributed by atoms with Crippen LogP contribution >= 0.6 is 0 Å². The summed E-state index contributed by atoms with van der Waals surface area (Å²) in [6, 6.07) is 0. The predicted octanol–water partition coefficient (Wildman–Crippen LogP) is 3.91. The van der Waals surface area contributed by atoms with Crippen molar-refractivity contribution in [1.82, 2.24) is 0 Å². The van der Waals surface area contributed by atoms with Crippen LogP contribution in [0.25, 0.3) is 0 Å². The van der Waals surface area contributed by atoms with E-state index in [9.17, 15) is 5.11 Å². The summed E-state index contributed by atoms with van der Waals surface area (Å²) < 4.78 is 6.08. The quantitative estimate of drug-likeness (QED) is 0.824. The highest BCUT2D eigenvalue weighted by Gasteiger charge is 2.36. The molecule has 0 spiro atoms. The van der Waals surface area contributed by atoms with Gasteiger partial charge in [-0.25, -0.2) is 0 Å². The van der Waals surface area contributed by atoms with Gasteiger partial charge in [-0.1, -0.05) is 19.8 Å². The standard InChI is InChI=1S/C16H30O2/c1-4-5-12-6-7-15(17)13(10-12)11-14-8-9-16(2,3)18-14/h12-15,17H,4-11H2,1-3H3. The molecule has 4 atom stereocenters. The lowest BCUT2D eigenvalue weighted by Crippen LogP contribution is -2.32. The Bertz CT molecular complexity index is 262. The summed E-state index contributed by atoms with van der Waals surface area (Å²) in [7, 11) is 0. The zero-order valence-electron chi connectivity index (χ0n) is 12.3. The van der Waals surface area contributed by atoms with Gasteiger partial charge in [-0.05, 0) is 64.2 Å². The van der Waals surface area contributed by atoms with E-state index in [1.54, 1.807) is 0 Å². The van der Waals surface area contributed by atoms with Crippen LogP contribution in [0.3, 0.4) is 0 Å². The number of aliphatic hydroxyl groups excluding tert-OH is 1. The van der Waals surface area contributed by atoms with Crippen molar-refractivity contribution < 1.29 is 9.84 Å². The molecule has 1 saturated heterocycles. The van der Waals surface area contributed by atoms with E-state index in [1.807, 2.05) is 0 Å². The molecule has 0 bridgehead atoms. The maximum absolute atomic E-state index is 10.2. The monoisotopic (exact) mass is 254 g/mol. The zero-order valence-corrected chi connectivity index (χ0v) is 12.3. The van der Waals surface area contributed by atoms with Gasteiger partial charge in [0.2, 0.25) is 0 Å². The molecule has 1 aliphatic heterocycles. The number of hydrogen-bond donors (Lipinski definition) is 1. The first-order chi connectivity index (χ1) is 8.50. The summed E-state index contributed by atoms with van der Waals surface area (Å²) in [4.78, 5) is 0. The van der Waals surface area contributed by atoms with E-state index < -0.39 is 0 Å². The Morgan fingerprint density at radius 2 is 2.00 bits per heavy atom. The molecule has 4 unspecified atom stereocenters. The summed E-state index contributed by atoms with van der Waals surface area (Å²) in [5, 5.41) is 10.2. The summed E-state index contributed by atoms with van der Waals surface area (Å²) in [5.74, 6) is 1.33. The highest BCUT2D eigenvalue weighted by molar-refractivity contribution is 4.86. The van der Waals surface area contributed by atoms with Crippen molar-refractivity contribution in [1.29, 1.82) is 0 Å². The SMILES string of the molecule is CCCC1CCC(O)C(CC2CCC(C)(C)O2)C1. The van der Waals surface area contributed by atoms with Crippen LogP contribution < -0.4 is 0 Å². The van der Waals surface area contributed by atoms with E-state index in [1.165, 1.54) is 38.5 Å². The first kappa shape index (κ1) is 14.3. The Kier molecular flexibility index (Phi) is 4.71. The number of ether oxygens (including phenoxy) is 1. The van der Waals surface area contributed by atoms with Gasteiger partial charge >= 0.3 is 0 Å². The summed E-state index contributed by atoms with van der Waals surface area (Å²) in [6.07, 6.45) is 9.79. The minimum Gasteiger partial charge on any atom is -0.393 e. The predicted molar refractivity (Wildman–Crippen MR) is 74.5 cm³/mol. The van der Waals surface area contributed by atoms with E-state index in [-0.39, 0.29) is 11.7 Å². The molecule has 0 aromatic heterocycles. The van der Waals surface area contributed by atoms with Crippen LogP contribution in [-0.4, -0.2) is 22.9 Å². The average molecular weight is 254 g/mol. The second kappa shape index (κ2) is 5.92. The van der Waals surface area contributed by atoms with Gasteiger partial charge in [0.1, 0.15) is 0 Å². The largest absolute Gasteiger partial charge is 0.393 e. The molecular formula is C16H30O2. The van der Waals surface area contributed by atoms with Crippen molar-refractivity contribution >= 4 is 0 Å². The fraction of sp³-hybridized carbons (Fsp3) is 1.00. The molecule has 2 fully saturated rings. The number of rotatable bonds is 4. The number of aliphatic hydroxyl groups is 1. The third-order valence-corrected chi connectivity index (χ3v) is 4.87. The lowest BCUT2D eigenvalue weighted by atomic mass is 9.75. The topological polar surface area (TPSA) is 29.5 Å². The van der Waals surface area contributed by atoms with Crippen LogP contribution in [0.2, 0.25) is 0 Å². The van der Waals surface area contributed by atoms with E-state index in [0.29, 0.717) is 12.0 Å². The maximum atomic E-state index is 10.2. The first-order valence-electron chi connectivity index (χ1n) is 7.86. The minimum absolute atomic E-state index is 0.0626. The van der Waals surface area contributed by atoms with Crippen LogP contribution in [0.4, 0.5) is 0 Å². The molecule has 0 aromatic rings. The highest BCUT2D eigenvalue weighted by Crippen LogP contribution is 2.39. The summed E-state index contributed by atoms with van der Waals surface area (Å²) >= 11 is 0. The van der Waals surface area contributed by atoms with E-state index in [0.717, 1.165) is 18.8 Å². The van der Waals surface area contributed by atoms with Crippen molar-refractivity contribution in [2.24, 2.45) is 11.8 Å². The number of hydrogen-bond acceptors (Lipinski definition) is 2. The molecule has 2 nitrogen and oxygen atoms in total. The van der Waals surface area contributed by atoms with Gasteiger partial charge in [0.05, 0.1) is 17.8 Å². The van der Waals surface area contributed by atoms with Crippen molar-refractivity contribution in [2.75, 3.05) is 0 Å².